The third kappa shape index (κ3) is 3.50. The summed E-state index contributed by atoms with van der Waals surface area (Å²) in [6.07, 6.45) is 0. The predicted molar refractivity (Wildman–Crippen MR) is 48.5 cm³/mol. The van der Waals surface area contributed by atoms with Crippen LogP contribution in [0.1, 0.15) is 5.56 Å². The Hall–Kier alpha value is -0.870. The van der Waals surface area contributed by atoms with Crippen LogP contribution in [0, 0.1) is 0 Å². The molecular formula is C8H11NO2S. The van der Waals surface area contributed by atoms with Crippen LogP contribution in [0.4, 0.5) is 0 Å². The van der Waals surface area contributed by atoms with Crippen LogP contribution in [0.3, 0.4) is 0 Å². The Morgan fingerprint density at radius 2 is 1.83 bits per heavy atom. The molecule has 0 bridgehead atoms. The van der Waals surface area contributed by atoms with E-state index >= 15 is 0 Å². The van der Waals surface area contributed by atoms with Crippen LogP contribution in [-0.4, -0.2) is 14.3 Å². The molecule has 0 unspecified atom stereocenters. The van der Waals surface area contributed by atoms with E-state index in [1.54, 1.807) is 0 Å². The molecule has 0 aliphatic carbocycles. The molecule has 1 N–H and O–H groups in total. The van der Waals surface area contributed by atoms with Crippen LogP contribution in [-0.2, 0) is 17.2 Å². The molecule has 0 atom stereocenters. The van der Waals surface area contributed by atoms with Gasteiger partial charge in [-0.05, 0) is 5.56 Å². The number of thiol groups is 1. The highest BCUT2D eigenvalue weighted by molar-refractivity contribution is 7.72. The molecule has 0 radical (unpaired) electrons. The number of rotatable bonds is 4. The smallest absolute Gasteiger partial charge is 0.153 e. The Morgan fingerprint density at radius 1 is 1.17 bits per heavy atom. The molecule has 0 aromatic heterocycles. The Labute approximate surface area is 73.4 Å². The Kier molecular flexibility index (Phi) is 3.76. The fourth-order valence-corrected chi connectivity index (χ4v) is 1.18. The normalized spacial score (nSPS) is 10.4. The monoisotopic (exact) mass is 185 g/mol. The van der Waals surface area contributed by atoms with Crippen LogP contribution >= 0.6 is 0 Å². The van der Waals surface area contributed by atoms with Crippen molar-refractivity contribution in [1.82, 2.24) is 5.32 Å². The standard InChI is InChI=1S/C8H11NO2S/c10-12(11)7-9-6-8-4-2-1-3-5-8/h1-5,9,12H,6-7H2. The topological polar surface area (TPSA) is 46.2 Å². The molecule has 0 spiro atoms. The summed E-state index contributed by atoms with van der Waals surface area (Å²) in [5.41, 5.74) is 1.09. The summed E-state index contributed by atoms with van der Waals surface area (Å²) in [5.74, 6) is 0.0459. The summed E-state index contributed by atoms with van der Waals surface area (Å²) in [4.78, 5) is 0. The Bertz CT molecular complexity index is 287. The van der Waals surface area contributed by atoms with Gasteiger partial charge in [0.25, 0.3) is 0 Å². The molecular weight excluding hydrogens is 174 g/mol. The van der Waals surface area contributed by atoms with Gasteiger partial charge in [-0.2, -0.15) is 0 Å². The second-order valence-electron chi connectivity index (χ2n) is 2.40. The van der Waals surface area contributed by atoms with Gasteiger partial charge in [-0.15, -0.1) is 0 Å². The maximum absolute atomic E-state index is 10.2. The minimum absolute atomic E-state index is 0.0459. The van der Waals surface area contributed by atoms with Crippen molar-refractivity contribution in [3.63, 3.8) is 0 Å². The molecule has 1 aromatic carbocycles. The zero-order valence-electron chi connectivity index (χ0n) is 6.56. The van der Waals surface area contributed by atoms with Gasteiger partial charge >= 0.3 is 0 Å². The lowest BCUT2D eigenvalue weighted by atomic mass is 10.2. The molecule has 1 aromatic rings. The van der Waals surface area contributed by atoms with Crippen molar-refractivity contribution >= 4 is 10.7 Å². The predicted octanol–water partition coefficient (Wildman–Crippen LogP) is 0.345. The summed E-state index contributed by atoms with van der Waals surface area (Å²) in [5, 5.41) is 2.80. The summed E-state index contributed by atoms with van der Waals surface area (Å²) >= 11 is 0. The molecule has 0 heterocycles. The van der Waals surface area contributed by atoms with Gasteiger partial charge in [-0.25, -0.2) is 8.42 Å². The largest absolute Gasteiger partial charge is 0.300 e. The van der Waals surface area contributed by atoms with Gasteiger partial charge in [0.15, 0.2) is 10.7 Å². The minimum Gasteiger partial charge on any atom is -0.300 e. The summed E-state index contributed by atoms with van der Waals surface area (Å²) in [6.45, 7) is 0.601. The first-order chi connectivity index (χ1) is 5.79. The zero-order chi connectivity index (χ0) is 8.81. The van der Waals surface area contributed by atoms with E-state index in [1.807, 2.05) is 30.3 Å². The van der Waals surface area contributed by atoms with E-state index < -0.39 is 10.7 Å². The van der Waals surface area contributed by atoms with Crippen LogP contribution in [0.15, 0.2) is 30.3 Å². The molecule has 1 rings (SSSR count). The van der Waals surface area contributed by atoms with Crippen LogP contribution < -0.4 is 5.32 Å². The van der Waals surface area contributed by atoms with E-state index in [-0.39, 0.29) is 5.88 Å². The first-order valence-corrected chi connectivity index (χ1v) is 5.02. The molecule has 0 saturated heterocycles. The minimum atomic E-state index is -2.31. The molecule has 4 heteroatoms. The zero-order valence-corrected chi connectivity index (χ0v) is 7.46. The Morgan fingerprint density at radius 3 is 2.42 bits per heavy atom. The van der Waals surface area contributed by atoms with Gasteiger partial charge in [0.05, 0.1) is 5.88 Å². The van der Waals surface area contributed by atoms with Gasteiger partial charge in [0, 0.05) is 6.54 Å². The van der Waals surface area contributed by atoms with Gasteiger partial charge in [0.1, 0.15) is 0 Å². The molecule has 0 fully saturated rings. The average Bonchev–Trinajstić information content (AvgIpc) is 2.05. The van der Waals surface area contributed by atoms with Crippen molar-refractivity contribution < 1.29 is 8.42 Å². The molecule has 3 nitrogen and oxygen atoms in total. The number of hydrogen-bond acceptors (Lipinski definition) is 3. The molecule has 0 aliphatic rings. The molecule has 0 aliphatic heterocycles. The first kappa shape index (κ1) is 9.22. The Balaban J connectivity index is 2.34. The van der Waals surface area contributed by atoms with E-state index in [9.17, 15) is 8.42 Å². The van der Waals surface area contributed by atoms with E-state index in [2.05, 4.69) is 5.32 Å². The fourth-order valence-electron chi connectivity index (χ4n) is 0.887. The van der Waals surface area contributed by atoms with Crippen molar-refractivity contribution in [2.75, 3.05) is 5.88 Å². The lowest BCUT2D eigenvalue weighted by Crippen LogP contribution is -2.15. The third-order valence-corrected chi connectivity index (χ3v) is 1.89. The van der Waals surface area contributed by atoms with Crippen LogP contribution in [0.25, 0.3) is 0 Å². The van der Waals surface area contributed by atoms with E-state index in [0.717, 1.165) is 5.56 Å². The van der Waals surface area contributed by atoms with Crippen molar-refractivity contribution in [3.05, 3.63) is 35.9 Å². The number of nitrogens with one attached hydrogen (secondary N) is 1. The van der Waals surface area contributed by atoms with Gasteiger partial charge < -0.3 is 0 Å². The van der Waals surface area contributed by atoms with E-state index in [1.165, 1.54) is 0 Å². The second-order valence-corrected chi connectivity index (χ2v) is 3.38. The lowest BCUT2D eigenvalue weighted by Gasteiger charge is -1.99. The summed E-state index contributed by atoms with van der Waals surface area (Å²) in [6, 6.07) is 9.68. The summed E-state index contributed by atoms with van der Waals surface area (Å²) < 4.78 is 20.3. The van der Waals surface area contributed by atoms with Crippen molar-refractivity contribution in [3.8, 4) is 0 Å². The first-order valence-electron chi connectivity index (χ1n) is 3.65. The van der Waals surface area contributed by atoms with Gasteiger partial charge in [-0.1, -0.05) is 30.3 Å². The maximum atomic E-state index is 10.2. The number of hydrogen-bond donors (Lipinski definition) is 2. The fraction of sp³-hybridized carbons (Fsp3) is 0.250. The third-order valence-electron chi connectivity index (χ3n) is 1.41. The van der Waals surface area contributed by atoms with E-state index in [0.29, 0.717) is 6.54 Å². The SMILES string of the molecule is O=[SH](=O)CNCc1ccccc1. The molecule has 66 valence electrons. The maximum Gasteiger partial charge on any atom is 0.153 e. The van der Waals surface area contributed by atoms with Crippen molar-refractivity contribution in [2.45, 2.75) is 6.54 Å². The van der Waals surface area contributed by atoms with Gasteiger partial charge in [-0.3, -0.25) is 5.32 Å². The summed E-state index contributed by atoms with van der Waals surface area (Å²) in [7, 11) is -2.31. The second kappa shape index (κ2) is 4.90. The van der Waals surface area contributed by atoms with E-state index in [4.69, 9.17) is 0 Å². The highest BCUT2D eigenvalue weighted by Crippen LogP contribution is 1.96. The highest BCUT2D eigenvalue weighted by Gasteiger charge is 1.89. The number of benzene rings is 1. The van der Waals surface area contributed by atoms with Crippen LogP contribution in [0.5, 0.6) is 0 Å². The molecule has 0 amide bonds. The van der Waals surface area contributed by atoms with Crippen LogP contribution in [0.2, 0.25) is 0 Å². The van der Waals surface area contributed by atoms with Crippen molar-refractivity contribution in [1.29, 1.82) is 0 Å². The lowest BCUT2D eigenvalue weighted by molar-refractivity contribution is 0.605. The van der Waals surface area contributed by atoms with Gasteiger partial charge in [0.2, 0.25) is 0 Å². The quantitative estimate of drug-likeness (QED) is 0.665. The average molecular weight is 185 g/mol. The molecule has 0 saturated carbocycles. The van der Waals surface area contributed by atoms with Crippen molar-refractivity contribution in [2.24, 2.45) is 0 Å². The molecule has 12 heavy (non-hydrogen) atoms. The highest BCUT2D eigenvalue weighted by atomic mass is 32.2.